The lowest BCUT2D eigenvalue weighted by molar-refractivity contribution is 0.0991. The van der Waals surface area contributed by atoms with Gasteiger partial charge in [-0.2, -0.15) is 0 Å². The fraction of sp³-hybridized carbons (Fsp3) is 0.400. The minimum Gasteiger partial charge on any atom is -0.386 e. The van der Waals surface area contributed by atoms with E-state index in [0.29, 0.717) is 5.76 Å². The molecule has 0 radical (unpaired) electrons. The number of aromatic nitrogens is 3. The molecule has 1 atom stereocenters. The quantitative estimate of drug-likeness (QED) is 0.579. The molecule has 1 aliphatic carbocycles. The number of amides is 1. The zero-order chi connectivity index (χ0) is 21.2. The third-order valence-electron chi connectivity index (χ3n) is 4.35. The molecule has 3 aromatic rings. The molecule has 2 aromatic heterocycles. The second kappa shape index (κ2) is 11.4. The molecular weight excluding hydrogens is 390 g/mol. The van der Waals surface area contributed by atoms with Gasteiger partial charge in [-0.05, 0) is 19.9 Å². The molecule has 1 aliphatic rings. The summed E-state index contributed by atoms with van der Waals surface area (Å²) >= 11 is 1.55. The van der Waals surface area contributed by atoms with Crippen LogP contribution in [0.15, 0.2) is 40.9 Å². The van der Waals surface area contributed by atoms with Gasteiger partial charge in [-0.3, -0.25) is 4.79 Å². The minimum atomic E-state index is -0.587. The summed E-state index contributed by atoms with van der Waals surface area (Å²) in [4.78, 5) is 10.7. The number of hydrogen-bond acceptors (Lipinski definition) is 8. The lowest BCUT2D eigenvalue weighted by Crippen LogP contribution is -2.13. The number of carbonyl (C=O) groups excluding carboxylic acids is 1. The van der Waals surface area contributed by atoms with Gasteiger partial charge >= 0.3 is 0 Å². The second-order valence-electron chi connectivity index (χ2n) is 6.52. The standard InChI is InChI=1S/C10H8N2O2.C9H14N2OS.CH5N/c11-10(13)8-6-9(14-12-8)7-4-2-1-3-5-7;1-6(12)9-11-10-8(13-9)5-7-3-2-4-7;1-2/h1-6H,(H2,11,13);6-7,12H,2-5H2,1H3;2H2,1H3. The Balaban J connectivity index is 0.000000191. The van der Waals surface area contributed by atoms with Crippen LogP contribution in [-0.4, -0.2) is 33.4 Å². The van der Waals surface area contributed by atoms with Crippen molar-refractivity contribution in [2.24, 2.45) is 17.4 Å². The van der Waals surface area contributed by atoms with Crippen LogP contribution in [0.4, 0.5) is 0 Å². The minimum absolute atomic E-state index is 0.142. The summed E-state index contributed by atoms with van der Waals surface area (Å²) in [5.41, 5.74) is 10.6. The van der Waals surface area contributed by atoms with Gasteiger partial charge in [0.1, 0.15) is 16.1 Å². The molecule has 9 heteroatoms. The van der Waals surface area contributed by atoms with Crippen LogP contribution in [0.3, 0.4) is 0 Å². The maximum atomic E-state index is 10.7. The van der Waals surface area contributed by atoms with Gasteiger partial charge in [0.2, 0.25) is 0 Å². The number of primary amides is 1. The largest absolute Gasteiger partial charge is 0.386 e. The van der Waals surface area contributed by atoms with Crippen LogP contribution in [-0.2, 0) is 6.42 Å². The molecule has 1 unspecified atom stereocenters. The molecule has 0 bridgehead atoms. The van der Waals surface area contributed by atoms with E-state index in [4.69, 9.17) is 10.3 Å². The Morgan fingerprint density at radius 2 is 1.97 bits per heavy atom. The van der Waals surface area contributed by atoms with Crippen LogP contribution in [0.25, 0.3) is 11.3 Å². The van der Waals surface area contributed by atoms with E-state index in [9.17, 15) is 9.90 Å². The molecule has 0 aliphatic heterocycles. The molecule has 8 nitrogen and oxygen atoms in total. The summed E-state index contributed by atoms with van der Waals surface area (Å²) < 4.78 is 4.96. The van der Waals surface area contributed by atoms with Crippen molar-refractivity contribution in [2.45, 2.75) is 38.7 Å². The Morgan fingerprint density at radius 3 is 2.45 bits per heavy atom. The third-order valence-corrected chi connectivity index (χ3v) is 5.46. The average molecular weight is 418 g/mol. The lowest BCUT2D eigenvalue weighted by atomic mass is 9.83. The van der Waals surface area contributed by atoms with Crippen molar-refractivity contribution in [1.29, 1.82) is 0 Å². The number of nitrogens with two attached hydrogens (primary N) is 2. The zero-order valence-electron chi connectivity index (χ0n) is 16.6. The van der Waals surface area contributed by atoms with Crippen LogP contribution < -0.4 is 11.5 Å². The molecule has 4 rings (SSSR count). The summed E-state index contributed by atoms with van der Waals surface area (Å²) in [6.07, 6.45) is 4.64. The maximum Gasteiger partial charge on any atom is 0.270 e. The SMILES string of the molecule is CC(O)c1nnc(CC2CCC2)s1.CN.NC(=O)c1cc(-c2ccccc2)on1. The number of aliphatic hydroxyl groups excluding tert-OH is 1. The zero-order valence-corrected chi connectivity index (χ0v) is 17.4. The van der Waals surface area contributed by atoms with Crippen molar-refractivity contribution in [3.8, 4) is 11.3 Å². The molecule has 0 spiro atoms. The van der Waals surface area contributed by atoms with Crippen molar-refractivity contribution >= 4 is 17.2 Å². The first-order valence-electron chi connectivity index (χ1n) is 9.43. The van der Waals surface area contributed by atoms with Crippen molar-refractivity contribution < 1.29 is 14.4 Å². The van der Waals surface area contributed by atoms with Crippen molar-refractivity contribution in [3.05, 3.63) is 52.1 Å². The van der Waals surface area contributed by atoms with Crippen molar-refractivity contribution in [1.82, 2.24) is 15.4 Å². The van der Waals surface area contributed by atoms with E-state index in [1.54, 1.807) is 18.3 Å². The summed E-state index contributed by atoms with van der Waals surface area (Å²) in [5, 5.41) is 22.6. The molecule has 1 amide bonds. The summed E-state index contributed by atoms with van der Waals surface area (Å²) in [6, 6.07) is 10.9. The highest BCUT2D eigenvalue weighted by Crippen LogP contribution is 2.31. The van der Waals surface area contributed by atoms with E-state index in [0.717, 1.165) is 27.9 Å². The van der Waals surface area contributed by atoms with Crippen LogP contribution in [0, 0.1) is 5.92 Å². The molecular formula is C20H27N5O3S. The van der Waals surface area contributed by atoms with Gasteiger partial charge in [0.15, 0.2) is 11.5 Å². The molecule has 2 heterocycles. The molecule has 1 aromatic carbocycles. The Morgan fingerprint density at radius 1 is 1.28 bits per heavy atom. The fourth-order valence-electron chi connectivity index (χ4n) is 2.59. The molecule has 0 saturated heterocycles. The normalized spacial score (nSPS) is 13.9. The number of benzene rings is 1. The van der Waals surface area contributed by atoms with Gasteiger partial charge in [-0.15, -0.1) is 10.2 Å². The van der Waals surface area contributed by atoms with E-state index in [1.807, 2.05) is 30.3 Å². The summed E-state index contributed by atoms with van der Waals surface area (Å²) in [7, 11) is 1.50. The van der Waals surface area contributed by atoms with E-state index < -0.39 is 12.0 Å². The fourth-order valence-corrected chi connectivity index (χ4v) is 3.49. The first kappa shape index (κ1) is 22.7. The predicted octanol–water partition coefficient (Wildman–Crippen LogP) is 2.95. The molecule has 5 N–H and O–H groups in total. The summed E-state index contributed by atoms with van der Waals surface area (Å²) in [5.74, 6) is 0.783. The Hall–Kier alpha value is -2.62. The number of hydrogen-bond donors (Lipinski definition) is 3. The van der Waals surface area contributed by atoms with E-state index >= 15 is 0 Å². The topological polar surface area (TPSA) is 141 Å². The highest BCUT2D eigenvalue weighted by Gasteiger charge is 2.20. The highest BCUT2D eigenvalue weighted by atomic mass is 32.1. The van der Waals surface area contributed by atoms with Gasteiger partial charge < -0.3 is 21.1 Å². The molecule has 156 valence electrons. The number of carbonyl (C=O) groups is 1. The van der Waals surface area contributed by atoms with Crippen LogP contribution in [0.2, 0.25) is 0 Å². The first-order chi connectivity index (χ1) is 14.0. The van der Waals surface area contributed by atoms with Gasteiger partial charge in [-0.25, -0.2) is 0 Å². The van der Waals surface area contributed by atoms with Crippen LogP contribution in [0.5, 0.6) is 0 Å². The first-order valence-corrected chi connectivity index (χ1v) is 10.2. The monoisotopic (exact) mass is 417 g/mol. The summed E-state index contributed by atoms with van der Waals surface area (Å²) in [6.45, 7) is 1.73. The Kier molecular flexibility index (Phi) is 8.91. The third kappa shape index (κ3) is 6.74. The number of aliphatic hydroxyl groups is 1. The smallest absolute Gasteiger partial charge is 0.270 e. The Bertz CT molecular complexity index is 875. The maximum absolute atomic E-state index is 10.7. The average Bonchev–Trinajstić information content (AvgIpc) is 3.38. The van der Waals surface area contributed by atoms with Gasteiger partial charge in [-0.1, -0.05) is 66.1 Å². The van der Waals surface area contributed by atoms with E-state index in [2.05, 4.69) is 21.1 Å². The van der Waals surface area contributed by atoms with Gasteiger partial charge in [0.25, 0.3) is 5.91 Å². The second-order valence-corrected chi connectivity index (χ2v) is 7.61. The highest BCUT2D eigenvalue weighted by molar-refractivity contribution is 7.11. The van der Waals surface area contributed by atoms with Crippen LogP contribution >= 0.6 is 11.3 Å². The molecule has 1 saturated carbocycles. The van der Waals surface area contributed by atoms with E-state index in [-0.39, 0.29) is 5.69 Å². The molecule has 1 fully saturated rings. The predicted molar refractivity (Wildman–Crippen MR) is 112 cm³/mol. The number of rotatable bonds is 5. The molecule has 29 heavy (non-hydrogen) atoms. The van der Waals surface area contributed by atoms with Crippen LogP contribution in [0.1, 0.15) is 52.8 Å². The van der Waals surface area contributed by atoms with Crippen molar-refractivity contribution in [3.63, 3.8) is 0 Å². The Labute approximate surface area is 173 Å². The van der Waals surface area contributed by atoms with Gasteiger partial charge in [0, 0.05) is 18.1 Å². The van der Waals surface area contributed by atoms with E-state index in [1.165, 1.54) is 32.4 Å². The van der Waals surface area contributed by atoms with Crippen molar-refractivity contribution in [2.75, 3.05) is 7.05 Å². The van der Waals surface area contributed by atoms with Gasteiger partial charge in [0.05, 0.1) is 0 Å². The number of nitrogens with zero attached hydrogens (tertiary/aromatic N) is 3. The lowest BCUT2D eigenvalue weighted by Gasteiger charge is -2.23.